The Morgan fingerprint density at radius 3 is 2.90 bits per heavy atom. The van der Waals surface area contributed by atoms with Gasteiger partial charge in [0.2, 0.25) is 0 Å². The molecule has 2 N–H and O–H groups in total. The maximum absolute atomic E-state index is 5.65. The molecule has 1 aromatic carbocycles. The lowest BCUT2D eigenvalue weighted by Gasteiger charge is -2.23. The third-order valence-electron chi connectivity index (χ3n) is 3.88. The fourth-order valence-electron chi connectivity index (χ4n) is 2.84. The van der Waals surface area contributed by atoms with E-state index in [0.717, 1.165) is 56.9 Å². The molecular weight excluding hydrogens is 250 g/mol. The van der Waals surface area contributed by atoms with Gasteiger partial charge in [-0.05, 0) is 13.0 Å². The summed E-state index contributed by atoms with van der Waals surface area (Å²) in [5.74, 6) is 1.01. The quantitative estimate of drug-likeness (QED) is 0.906. The number of nitrogens with zero attached hydrogens (tertiary/aromatic N) is 4. The van der Waals surface area contributed by atoms with Crippen LogP contribution in [0.5, 0.6) is 0 Å². The van der Waals surface area contributed by atoms with Gasteiger partial charge in [-0.25, -0.2) is 0 Å². The van der Waals surface area contributed by atoms with Gasteiger partial charge < -0.3 is 15.5 Å². The molecule has 2 heterocycles. The Balaban J connectivity index is 1.84. The van der Waals surface area contributed by atoms with E-state index >= 15 is 0 Å². The van der Waals surface area contributed by atoms with Crippen LogP contribution in [0.1, 0.15) is 6.42 Å². The van der Waals surface area contributed by atoms with Crippen molar-refractivity contribution >= 4 is 16.6 Å². The van der Waals surface area contributed by atoms with Crippen LogP contribution in [0.25, 0.3) is 10.8 Å². The second-order valence-electron chi connectivity index (χ2n) is 5.23. The highest BCUT2D eigenvalue weighted by molar-refractivity contribution is 5.91. The zero-order valence-corrected chi connectivity index (χ0v) is 11.7. The highest BCUT2D eigenvalue weighted by atomic mass is 15.3. The highest BCUT2D eigenvalue weighted by Gasteiger charge is 2.17. The molecule has 0 amide bonds. The average Bonchev–Trinajstić information content (AvgIpc) is 2.73. The van der Waals surface area contributed by atoms with Crippen molar-refractivity contribution < 1.29 is 0 Å². The SMILES string of the molecule is NCCN1CCCN(c2nncc3ccccc23)CC1. The number of aromatic nitrogens is 2. The first-order valence-corrected chi connectivity index (χ1v) is 7.26. The van der Waals surface area contributed by atoms with Crippen LogP contribution in [0.15, 0.2) is 30.5 Å². The van der Waals surface area contributed by atoms with Gasteiger partial charge in [-0.1, -0.05) is 24.3 Å². The Hall–Kier alpha value is -1.72. The van der Waals surface area contributed by atoms with E-state index in [9.17, 15) is 0 Å². The molecule has 106 valence electrons. The molecule has 1 aliphatic rings. The van der Waals surface area contributed by atoms with Crippen LogP contribution in [0.2, 0.25) is 0 Å². The number of anilines is 1. The topological polar surface area (TPSA) is 58.3 Å². The van der Waals surface area contributed by atoms with Crippen LogP contribution in [-0.2, 0) is 0 Å². The highest BCUT2D eigenvalue weighted by Crippen LogP contribution is 2.23. The summed E-state index contributed by atoms with van der Waals surface area (Å²) in [6.45, 7) is 5.89. The molecule has 1 aromatic heterocycles. The van der Waals surface area contributed by atoms with Crippen molar-refractivity contribution in [2.24, 2.45) is 5.73 Å². The van der Waals surface area contributed by atoms with Gasteiger partial charge in [-0.15, -0.1) is 5.10 Å². The average molecular weight is 271 g/mol. The van der Waals surface area contributed by atoms with Crippen molar-refractivity contribution in [2.45, 2.75) is 6.42 Å². The minimum absolute atomic E-state index is 0.730. The lowest BCUT2D eigenvalue weighted by molar-refractivity contribution is 0.302. The summed E-state index contributed by atoms with van der Waals surface area (Å²) >= 11 is 0. The molecule has 0 saturated carbocycles. The Morgan fingerprint density at radius 1 is 1.10 bits per heavy atom. The number of nitrogens with two attached hydrogens (primary N) is 1. The van der Waals surface area contributed by atoms with Crippen LogP contribution in [0, 0.1) is 0 Å². The fourth-order valence-corrected chi connectivity index (χ4v) is 2.84. The standard InChI is InChI=1S/C15H21N5/c16-6-9-19-7-3-8-20(11-10-19)15-14-5-2-1-4-13(14)12-17-18-15/h1-2,4-5,12H,3,6-11,16H2. The molecule has 0 aliphatic carbocycles. The Bertz CT molecular complexity index is 566. The van der Waals surface area contributed by atoms with E-state index in [2.05, 4.69) is 38.2 Å². The van der Waals surface area contributed by atoms with E-state index < -0.39 is 0 Å². The molecule has 0 unspecified atom stereocenters. The summed E-state index contributed by atoms with van der Waals surface area (Å²) in [6.07, 6.45) is 2.97. The van der Waals surface area contributed by atoms with Crippen molar-refractivity contribution in [3.8, 4) is 0 Å². The first kappa shape index (κ1) is 13.3. The van der Waals surface area contributed by atoms with Gasteiger partial charge in [-0.2, -0.15) is 5.10 Å². The minimum atomic E-state index is 0.730. The Morgan fingerprint density at radius 2 is 2.00 bits per heavy atom. The zero-order valence-electron chi connectivity index (χ0n) is 11.7. The van der Waals surface area contributed by atoms with Crippen molar-refractivity contribution in [3.63, 3.8) is 0 Å². The summed E-state index contributed by atoms with van der Waals surface area (Å²) in [4.78, 5) is 4.78. The lowest BCUT2D eigenvalue weighted by Crippen LogP contribution is -2.34. The fraction of sp³-hybridized carbons (Fsp3) is 0.467. The minimum Gasteiger partial charge on any atom is -0.353 e. The van der Waals surface area contributed by atoms with Crippen LogP contribution in [0.4, 0.5) is 5.82 Å². The summed E-state index contributed by atoms with van der Waals surface area (Å²) < 4.78 is 0. The second-order valence-corrected chi connectivity index (χ2v) is 5.23. The maximum Gasteiger partial charge on any atom is 0.159 e. The largest absolute Gasteiger partial charge is 0.353 e. The van der Waals surface area contributed by atoms with Crippen molar-refractivity contribution in [1.82, 2.24) is 15.1 Å². The number of fused-ring (bicyclic) bond motifs is 1. The molecule has 1 fully saturated rings. The maximum atomic E-state index is 5.65. The summed E-state index contributed by atoms with van der Waals surface area (Å²) in [6, 6.07) is 8.32. The predicted molar refractivity (Wildman–Crippen MR) is 81.9 cm³/mol. The van der Waals surface area contributed by atoms with E-state index in [4.69, 9.17) is 5.73 Å². The molecule has 5 heteroatoms. The predicted octanol–water partition coefficient (Wildman–Crippen LogP) is 1.10. The third-order valence-corrected chi connectivity index (χ3v) is 3.88. The van der Waals surface area contributed by atoms with Gasteiger partial charge in [0.05, 0.1) is 6.20 Å². The number of rotatable bonds is 3. The zero-order chi connectivity index (χ0) is 13.8. The summed E-state index contributed by atoms with van der Waals surface area (Å²) in [5.41, 5.74) is 5.65. The second kappa shape index (κ2) is 6.15. The van der Waals surface area contributed by atoms with Gasteiger partial charge in [0.15, 0.2) is 5.82 Å². The van der Waals surface area contributed by atoms with Gasteiger partial charge in [0.25, 0.3) is 0 Å². The Labute approximate surface area is 119 Å². The number of benzene rings is 1. The van der Waals surface area contributed by atoms with Crippen molar-refractivity contribution in [3.05, 3.63) is 30.5 Å². The summed E-state index contributed by atoms with van der Waals surface area (Å²) in [7, 11) is 0. The van der Waals surface area contributed by atoms with E-state index in [0.29, 0.717) is 0 Å². The molecule has 2 aromatic rings. The van der Waals surface area contributed by atoms with Crippen LogP contribution < -0.4 is 10.6 Å². The smallest absolute Gasteiger partial charge is 0.159 e. The van der Waals surface area contributed by atoms with Crippen molar-refractivity contribution in [1.29, 1.82) is 0 Å². The molecule has 1 saturated heterocycles. The molecule has 0 atom stereocenters. The summed E-state index contributed by atoms with van der Waals surface area (Å²) in [5, 5.41) is 10.9. The molecule has 0 radical (unpaired) electrons. The van der Waals surface area contributed by atoms with E-state index in [1.807, 2.05) is 12.3 Å². The van der Waals surface area contributed by atoms with E-state index in [1.165, 1.54) is 5.39 Å². The lowest BCUT2D eigenvalue weighted by atomic mass is 10.2. The first-order chi connectivity index (χ1) is 9.88. The van der Waals surface area contributed by atoms with E-state index in [-0.39, 0.29) is 0 Å². The van der Waals surface area contributed by atoms with Gasteiger partial charge in [0, 0.05) is 43.5 Å². The van der Waals surface area contributed by atoms with Crippen LogP contribution in [-0.4, -0.2) is 54.4 Å². The number of hydrogen-bond donors (Lipinski definition) is 1. The van der Waals surface area contributed by atoms with Crippen LogP contribution in [0.3, 0.4) is 0 Å². The normalized spacial score (nSPS) is 17.4. The van der Waals surface area contributed by atoms with Gasteiger partial charge >= 0.3 is 0 Å². The Kier molecular flexibility index (Phi) is 4.08. The van der Waals surface area contributed by atoms with Crippen molar-refractivity contribution in [2.75, 3.05) is 44.2 Å². The molecule has 1 aliphatic heterocycles. The molecule has 0 spiro atoms. The van der Waals surface area contributed by atoms with Gasteiger partial charge in [-0.3, -0.25) is 0 Å². The van der Waals surface area contributed by atoms with Gasteiger partial charge in [0.1, 0.15) is 0 Å². The molecule has 20 heavy (non-hydrogen) atoms. The molecular formula is C15H21N5. The number of hydrogen-bond acceptors (Lipinski definition) is 5. The monoisotopic (exact) mass is 271 g/mol. The molecule has 3 rings (SSSR count). The molecule has 5 nitrogen and oxygen atoms in total. The first-order valence-electron chi connectivity index (χ1n) is 7.26. The van der Waals surface area contributed by atoms with Crippen LogP contribution >= 0.6 is 0 Å². The third kappa shape index (κ3) is 2.73. The molecule has 0 bridgehead atoms. The van der Waals surface area contributed by atoms with E-state index in [1.54, 1.807) is 0 Å².